The number of hydrogen-bond acceptors (Lipinski definition) is 4. The van der Waals surface area contributed by atoms with Crippen molar-refractivity contribution < 1.29 is 8.42 Å². The molecule has 0 saturated carbocycles. The Morgan fingerprint density at radius 3 is 2.55 bits per heavy atom. The Kier molecular flexibility index (Phi) is 3.75. The minimum atomic E-state index is -3.68. The van der Waals surface area contributed by atoms with Gasteiger partial charge in [0.25, 0.3) is 10.0 Å². The molecule has 7 nitrogen and oxygen atoms in total. The van der Waals surface area contributed by atoms with Gasteiger partial charge in [0.2, 0.25) is 0 Å². The normalized spacial score (nSPS) is 11.2. The number of rotatable bonds is 5. The number of hydrogen-bond donors (Lipinski definition) is 3. The van der Waals surface area contributed by atoms with Crippen LogP contribution in [0, 0.1) is 5.41 Å². The first kappa shape index (κ1) is 14.1. The summed E-state index contributed by atoms with van der Waals surface area (Å²) in [6.45, 7) is 0. The van der Waals surface area contributed by atoms with Gasteiger partial charge in [-0.1, -0.05) is 12.1 Å². The van der Waals surface area contributed by atoms with Gasteiger partial charge >= 0.3 is 0 Å². The topological polar surface area (TPSA) is 114 Å². The summed E-state index contributed by atoms with van der Waals surface area (Å²) in [4.78, 5) is 3.81. The van der Waals surface area contributed by atoms with Crippen molar-refractivity contribution in [1.29, 1.82) is 5.41 Å². The number of nitrogens with one attached hydrogen (secondary N) is 2. The van der Waals surface area contributed by atoms with Crippen LogP contribution in [-0.2, 0) is 23.5 Å². The average Bonchev–Trinajstić information content (AvgIpc) is 2.78. The molecule has 1 heterocycles. The summed E-state index contributed by atoms with van der Waals surface area (Å²) in [6.07, 6.45) is 3.18. The molecule has 1 aromatic heterocycles. The molecule has 106 valence electrons. The second kappa shape index (κ2) is 5.33. The van der Waals surface area contributed by atoms with Crippen LogP contribution in [0.3, 0.4) is 0 Å². The largest absolute Gasteiger partial charge is 0.387 e. The maximum atomic E-state index is 12.0. The Labute approximate surface area is 117 Å². The first-order valence-electron chi connectivity index (χ1n) is 5.79. The summed E-state index contributed by atoms with van der Waals surface area (Å²) in [5.74, 6) is 0.0619. The highest BCUT2D eigenvalue weighted by Gasteiger charge is 2.16. The zero-order valence-corrected chi connectivity index (χ0v) is 11.7. The van der Waals surface area contributed by atoms with Crippen molar-refractivity contribution in [2.24, 2.45) is 12.8 Å². The lowest BCUT2D eigenvalue weighted by atomic mass is 10.1. The summed E-state index contributed by atoms with van der Waals surface area (Å²) < 4.78 is 28.1. The molecule has 20 heavy (non-hydrogen) atoms. The standard InChI is InChI=1S/C12H15N5O2S/c1-17-7-12(15-8-17)20(18,19)16-10-4-2-9(3-5-10)6-11(13)14/h2-5,7-8,16H,6H2,1H3,(H3,13,14). The number of imidazole rings is 1. The van der Waals surface area contributed by atoms with Crippen molar-refractivity contribution in [3.63, 3.8) is 0 Å². The van der Waals surface area contributed by atoms with E-state index in [1.54, 1.807) is 35.9 Å². The van der Waals surface area contributed by atoms with Crippen LogP contribution in [0.15, 0.2) is 41.8 Å². The molecule has 0 saturated heterocycles. The van der Waals surface area contributed by atoms with Crippen LogP contribution in [0.25, 0.3) is 0 Å². The van der Waals surface area contributed by atoms with E-state index >= 15 is 0 Å². The number of nitrogens with two attached hydrogens (primary N) is 1. The minimum Gasteiger partial charge on any atom is -0.387 e. The third-order valence-electron chi connectivity index (χ3n) is 2.56. The fourth-order valence-corrected chi connectivity index (χ4v) is 2.69. The maximum Gasteiger partial charge on any atom is 0.280 e. The summed E-state index contributed by atoms with van der Waals surface area (Å²) in [5, 5.41) is 7.17. The highest BCUT2D eigenvalue weighted by molar-refractivity contribution is 7.92. The molecule has 0 bridgehead atoms. The van der Waals surface area contributed by atoms with Gasteiger partial charge in [-0.05, 0) is 17.7 Å². The number of nitrogens with zero attached hydrogens (tertiary/aromatic N) is 2. The zero-order chi connectivity index (χ0) is 14.8. The monoisotopic (exact) mass is 293 g/mol. The number of amidine groups is 1. The molecule has 0 aliphatic carbocycles. The van der Waals surface area contributed by atoms with Crippen LogP contribution in [0.1, 0.15) is 5.56 Å². The molecule has 2 rings (SSSR count). The Hall–Kier alpha value is -2.35. The highest BCUT2D eigenvalue weighted by atomic mass is 32.2. The first-order chi connectivity index (χ1) is 9.37. The molecular formula is C12H15N5O2S. The van der Waals surface area contributed by atoms with E-state index in [0.29, 0.717) is 12.1 Å². The van der Waals surface area contributed by atoms with Crippen molar-refractivity contribution in [3.05, 3.63) is 42.4 Å². The van der Waals surface area contributed by atoms with E-state index in [1.165, 1.54) is 12.5 Å². The number of aryl methyl sites for hydroxylation is 1. The van der Waals surface area contributed by atoms with E-state index in [4.69, 9.17) is 11.1 Å². The van der Waals surface area contributed by atoms with Gasteiger partial charge in [-0.15, -0.1) is 0 Å². The van der Waals surface area contributed by atoms with Gasteiger partial charge in [-0.3, -0.25) is 10.1 Å². The molecule has 0 atom stereocenters. The number of sulfonamides is 1. The number of anilines is 1. The molecule has 0 fully saturated rings. The zero-order valence-electron chi connectivity index (χ0n) is 10.9. The highest BCUT2D eigenvalue weighted by Crippen LogP contribution is 2.15. The Balaban J connectivity index is 2.15. The van der Waals surface area contributed by atoms with E-state index in [0.717, 1.165) is 5.56 Å². The van der Waals surface area contributed by atoms with Gasteiger partial charge in [0.05, 0.1) is 12.2 Å². The van der Waals surface area contributed by atoms with E-state index in [1.807, 2.05) is 0 Å². The summed E-state index contributed by atoms with van der Waals surface area (Å²) in [5.41, 5.74) is 6.58. The molecular weight excluding hydrogens is 278 g/mol. The number of aromatic nitrogens is 2. The van der Waals surface area contributed by atoms with Crippen LogP contribution in [-0.4, -0.2) is 23.8 Å². The molecule has 1 aromatic carbocycles. The van der Waals surface area contributed by atoms with E-state index in [9.17, 15) is 8.42 Å². The van der Waals surface area contributed by atoms with Crippen LogP contribution < -0.4 is 10.5 Å². The van der Waals surface area contributed by atoms with Crippen LogP contribution in [0.4, 0.5) is 5.69 Å². The Bertz CT molecular complexity index is 719. The summed E-state index contributed by atoms with van der Waals surface area (Å²) in [6, 6.07) is 6.69. The molecule has 8 heteroatoms. The van der Waals surface area contributed by atoms with E-state index < -0.39 is 10.0 Å². The molecule has 0 amide bonds. The lowest BCUT2D eigenvalue weighted by molar-refractivity contribution is 0.598. The lowest BCUT2D eigenvalue weighted by Crippen LogP contribution is -2.14. The van der Waals surface area contributed by atoms with Crippen molar-refractivity contribution in [2.75, 3.05) is 4.72 Å². The second-order valence-corrected chi connectivity index (χ2v) is 6.01. The Morgan fingerprint density at radius 2 is 2.05 bits per heavy atom. The lowest BCUT2D eigenvalue weighted by Gasteiger charge is -2.06. The maximum absolute atomic E-state index is 12.0. The number of benzene rings is 1. The van der Waals surface area contributed by atoms with Gasteiger partial charge in [0.15, 0.2) is 5.03 Å². The Morgan fingerprint density at radius 1 is 1.40 bits per heavy atom. The van der Waals surface area contributed by atoms with Crippen molar-refractivity contribution in [2.45, 2.75) is 11.4 Å². The van der Waals surface area contributed by atoms with E-state index in [-0.39, 0.29) is 10.9 Å². The van der Waals surface area contributed by atoms with Gasteiger partial charge in [0.1, 0.15) is 0 Å². The van der Waals surface area contributed by atoms with Gasteiger partial charge in [-0.25, -0.2) is 4.98 Å². The van der Waals surface area contributed by atoms with E-state index in [2.05, 4.69) is 9.71 Å². The molecule has 0 aliphatic rings. The third kappa shape index (κ3) is 3.35. The van der Waals surface area contributed by atoms with Crippen molar-refractivity contribution in [1.82, 2.24) is 9.55 Å². The summed E-state index contributed by atoms with van der Waals surface area (Å²) in [7, 11) is -1.98. The van der Waals surface area contributed by atoms with Crippen molar-refractivity contribution >= 4 is 21.5 Å². The van der Waals surface area contributed by atoms with Gasteiger partial charge < -0.3 is 10.3 Å². The fraction of sp³-hybridized carbons (Fsp3) is 0.167. The SMILES string of the molecule is Cn1cnc(S(=O)(=O)Nc2ccc(CC(=N)N)cc2)c1. The molecule has 4 N–H and O–H groups in total. The molecule has 0 spiro atoms. The summed E-state index contributed by atoms with van der Waals surface area (Å²) >= 11 is 0. The van der Waals surface area contributed by atoms with Gasteiger partial charge in [-0.2, -0.15) is 8.42 Å². The van der Waals surface area contributed by atoms with Crippen LogP contribution in [0.5, 0.6) is 0 Å². The second-order valence-electron chi connectivity index (χ2n) is 4.38. The smallest absolute Gasteiger partial charge is 0.280 e. The predicted octanol–water partition coefficient (Wildman–Crippen LogP) is 0.699. The quantitative estimate of drug-likeness (QED) is 0.556. The van der Waals surface area contributed by atoms with Crippen LogP contribution >= 0.6 is 0 Å². The third-order valence-corrected chi connectivity index (χ3v) is 3.82. The van der Waals surface area contributed by atoms with Crippen molar-refractivity contribution in [3.8, 4) is 0 Å². The van der Waals surface area contributed by atoms with Crippen LogP contribution in [0.2, 0.25) is 0 Å². The fourth-order valence-electron chi connectivity index (χ4n) is 1.65. The molecule has 0 aliphatic heterocycles. The minimum absolute atomic E-state index is 0.0344. The predicted molar refractivity (Wildman–Crippen MR) is 76.1 cm³/mol. The van der Waals surface area contributed by atoms with Gasteiger partial charge in [0, 0.05) is 25.4 Å². The average molecular weight is 293 g/mol. The molecule has 2 aromatic rings. The molecule has 0 unspecified atom stereocenters. The molecule has 0 radical (unpaired) electrons. The first-order valence-corrected chi connectivity index (χ1v) is 7.28.